The van der Waals surface area contributed by atoms with Gasteiger partial charge >= 0.3 is 0 Å². The molecule has 0 spiro atoms. The number of carbonyl (C=O) groups is 2. The molecule has 3 N–H and O–H groups in total. The van der Waals surface area contributed by atoms with Crippen LogP contribution in [-0.2, 0) is 11.2 Å². The average Bonchev–Trinajstić information content (AvgIpc) is 3.16. The van der Waals surface area contributed by atoms with E-state index >= 15 is 0 Å². The van der Waals surface area contributed by atoms with Crippen molar-refractivity contribution in [1.29, 1.82) is 0 Å². The number of benzene rings is 3. The largest absolute Gasteiger partial charge is 0.368 e. The Bertz CT molecular complexity index is 1330. The third kappa shape index (κ3) is 4.93. The predicted octanol–water partition coefficient (Wildman–Crippen LogP) is 5.82. The first-order valence-electron chi connectivity index (χ1n) is 9.63. The highest BCUT2D eigenvalue weighted by molar-refractivity contribution is 7.19. The summed E-state index contributed by atoms with van der Waals surface area (Å²) in [6.07, 6.45) is 0.516. The molecule has 1 heterocycles. The van der Waals surface area contributed by atoms with Gasteiger partial charge in [-0.25, -0.2) is 4.39 Å². The van der Waals surface area contributed by atoms with Crippen molar-refractivity contribution in [1.82, 2.24) is 5.32 Å². The summed E-state index contributed by atoms with van der Waals surface area (Å²) in [6.45, 7) is -0.230. The van der Waals surface area contributed by atoms with Crippen LogP contribution in [-0.4, -0.2) is 18.4 Å². The molecule has 0 saturated carbocycles. The molecule has 0 unspecified atom stereocenters. The average molecular weight is 487 g/mol. The number of thiophene rings is 1. The van der Waals surface area contributed by atoms with E-state index in [1.165, 1.54) is 12.1 Å². The Hall–Kier alpha value is -2.93. The number of nitrogens with two attached hydrogens (primary N) is 1. The molecule has 4 aromatic rings. The summed E-state index contributed by atoms with van der Waals surface area (Å²) in [6, 6.07) is 17.3. The highest BCUT2D eigenvalue weighted by atomic mass is 35.5. The van der Waals surface area contributed by atoms with Crippen LogP contribution in [0, 0.1) is 5.82 Å². The first kappa shape index (κ1) is 22.3. The van der Waals surface area contributed by atoms with Gasteiger partial charge in [0.15, 0.2) is 0 Å². The van der Waals surface area contributed by atoms with Gasteiger partial charge in [0, 0.05) is 37.0 Å². The molecule has 0 aliphatic carbocycles. The molecular formula is C24H17Cl2FN2O2S. The highest BCUT2D eigenvalue weighted by Gasteiger charge is 2.14. The van der Waals surface area contributed by atoms with Crippen molar-refractivity contribution in [3.63, 3.8) is 0 Å². The van der Waals surface area contributed by atoms with Crippen molar-refractivity contribution in [2.45, 2.75) is 6.42 Å². The van der Waals surface area contributed by atoms with Crippen molar-refractivity contribution in [2.75, 3.05) is 6.54 Å². The topological polar surface area (TPSA) is 72.2 Å². The van der Waals surface area contributed by atoms with Crippen LogP contribution in [0.15, 0.2) is 60.7 Å². The van der Waals surface area contributed by atoms with Crippen molar-refractivity contribution in [3.05, 3.63) is 92.5 Å². The smallest absolute Gasteiger partial charge is 0.251 e. The second-order valence-corrected chi connectivity index (χ2v) is 9.22. The molecule has 0 radical (unpaired) electrons. The van der Waals surface area contributed by atoms with Gasteiger partial charge in [0.2, 0.25) is 5.91 Å². The fraction of sp³-hybridized carbons (Fsp3) is 0.0833. The number of nitrogens with one attached hydrogen (secondary N) is 1. The fourth-order valence-corrected chi connectivity index (χ4v) is 5.23. The van der Waals surface area contributed by atoms with Gasteiger partial charge < -0.3 is 11.1 Å². The molecule has 0 bridgehead atoms. The Morgan fingerprint density at radius 2 is 1.84 bits per heavy atom. The number of amides is 2. The van der Waals surface area contributed by atoms with Crippen LogP contribution < -0.4 is 11.1 Å². The molecule has 1 aromatic heterocycles. The molecule has 0 atom stereocenters. The van der Waals surface area contributed by atoms with Gasteiger partial charge in [0.05, 0.1) is 6.54 Å². The normalized spacial score (nSPS) is 11.0. The Morgan fingerprint density at radius 1 is 1.03 bits per heavy atom. The Kier molecular flexibility index (Phi) is 6.46. The molecular weight excluding hydrogens is 470 g/mol. The second kappa shape index (κ2) is 9.28. The molecule has 0 aliphatic rings. The summed E-state index contributed by atoms with van der Waals surface area (Å²) < 4.78 is 14.7. The highest BCUT2D eigenvalue weighted by Crippen LogP contribution is 2.39. The number of primary amides is 1. The second-order valence-electron chi connectivity index (χ2n) is 7.23. The lowest BCUT2D eigenvalue weighted by atomic mass is 10.0. The standard InChI is InChI=1S/C24H17Cl2FN2O2S/c25-16-6-13(7-17(27)10-16)8-18-11-20-21(26)5-4-19(23(20)32-18)14-2-1-3-15(9-14)24(31)29-12-22(28)30/h1-7,9-11H,8,12H2,(H2,28,30)(H,29,31). The number of rotatable bonds is 6. The predicted molar refractivity (Wildman–Crippen MR) is 128 cm³/mol. The summed E-state index contributed by atoms with van der Waals surface area (Å²) in [4.78, 5) is 24.3. The third-order valence-corrected chi connectivity index (χ3v) is 6.56. The molecule has 4 nitrogen and oxygen atoms in total. The summed E-state index contributed by atoms with van der Waals surface area (Å²) in [5.41, 5.74) is 8.04. The van der Waals surface area contributed by atoms with E-state index < -0.39 is 5.91 Å². The quantitative estimate of drug-likeness (QED) is 0.360. The zero-order valence-corrected chi connectivity index (χ0v) is 19.0. The molecule has 4 rings (SSSR count). The van der Waals surface area contributed by atoms with E-state index in [0.717, 1.165) is 31.7 Å². The summed E-state index contributed by atoms with van der Waals surface area (Å²) in [7, 11) is 0. The van der Waals surface area contributed by atoms with Gasteiger partial charge in [-0.1, -0.05) is 41.4 Å². The Labute approximate surface area is 197 Å². The van der Waals surface area contributed by atoms with Gasteiger partial charge in [0.25, 0.3) is 5.91 Å². The SMILES string of the molecule is NC(=O)CNC(=O)c1cccc(-c2ccc(Cl)c3cc(Cc4cc(F)cc(Cl)c4)sc23)c1. The van der Waals surface area contributed by atoms with Crippen molar-refractivity contribution < 1.29 is 14.0 Å². The minimum atomic E-state index is -0.611. The van der Waals surface area contributed by atoms with Crippen molar-refractivity contribution in [3.8, 4) is 11.1 Å². The number of hydrogen-bond acceptors (Lipinski definition) is 3. The third-order valence-electron chi connectivity index (χ3n) is 4.84. The first-order chi connectivity index (χ1) is 15.3. The molecule has 0 saturated heterocycles. The molecule has 162 valence electrons. The summed E-state index contributed by atoms with van der Waals surface area (Å²) in [5, 5.41) is 4.34. The van der Waals surface area contributed by atoms with E-state index in [1.54, 1.807) is 35.6 Å². The minimum absolute atomic E-state index is 0.230. The molecule has 2 amide bonds. The minimum Gasteiger partial charge on any atom is -0.368 e. The van der Waals surface area contributed by atoms with Crippen LogP contribution in [0.1, 0.15) is 20.8 Å². The van der Waals surface area contributed by atoms with E-state index in [-0.39, 0.29) is 18.3 Å². The van der Waals surface area contributed by atoms with E-state index in [4.69, 9.17) is 28.9 Å². The van der Waals surface area contributed by atoms with Crippen LogP contribution in [0.4, 0.5) is 4.39 Å². The number of hydrogen-bond donors (Lipinski definition) is 2. The zero-order chi connectivity index (χ0) is 22.8. The summed E-state index contributed by atoms with van der Waals surface area (Å²) >= 11 is 14.0. The van der Waals surface area contributed by atoms with Gasteiger partial charge in [-0.05, 0) is 59.2 Å². The van der Waals surface area contributed by atoms with Crippen LogP contribution >= 0.6 is 34.5 Å². The van der Waals surface area contributed by atoms with E-state index in [2.05, 4.69) is 5.32 Å². The maximum atomic E-state index is 13.7. The van der Waals surface area contributed by atoms with E-state index in [1.807, 2.05) is 24.3 Å². The lowest BCUT2D eigenvalue weighted by Crippen LogP contribution is -2.33. The summed E-state index contributed by atoms with van der Waals surface area (Å²) in [5.74, 6) is -1.37. The fourth-order valence-electron chi connectivity index (χ4n) is 3.47. The van der Waals surface area contributed by atoms with E-state index in [0.29, 0.717) is 22.0 Å². The first-order valence-corrected chi connectivity index (χ1v) is 11.2. The van der Waals surface area contributed by atoms with Gasteiger partial charge in [0.1, 0.15) is 5.82 Å². The van der Waals surface area contributed by atoms with Crippen LogP contribution in [0.3, 0.4) is 0 Å². The molecule has 0 fully saturated rings. The van der Waals surface area contributed by atoms with Crippen molar-refractivity contribution in [2.24, 2.45) is 5.73 Å². The number of carbonyl (C=O) groups excluding carboxylic acids is 2. The van der Waals surface area contributed by atoms with Gasteiger partial charge in [-0.15, -0.1) is 11.3 Å². The molecule has 3 aromatic carbocycles. The number of fused-ring (bicyclic) bond motifs is 1. The maximum Gasteiger partial charge on any atom is 0.251 e. The Balaban J connectivity index is 1.71. The monoisotopic (exact) mass is 486 g/mol. The van der Waals surface area contributed by atoms with E-state index in [9.17, 15) is 14.0 Å². The lowest BCUT2D eigenvalue weighted by Gasteiger charge is -2.08. The molecule has 8 heteroatoms. The van der Waals surface area contributed by atoms with Crippen LogP contribution in [0.25, 0.3) is 21.2 Å². The zero-order valence-electron chi connectivity index (χ0n) is 16.6. The van der Waals surface area contributed by atoms with Crippen LogP contribution in [0.2, 0.25) is 10.0 Å². The van der Waals surface area contributed by atoms with Crippen LogP contribution in [0.5, 0.6) is 0 Å². The van der Waals surface area contributed by atoms with Crippen molar-refractivity contribution >= 4 is 56.4 Å². The molecule has 0 aliphatic heterocycles. The Morgan fingerprint density at radius 3 is 2.59 bits per heavy atom. The number of halogens is 3. The lowest BCUT2D eigenvalue weighted by molar-refractivity contribution is -0.117. The maximum absolute atomic E-state index is 13.7. The van der Waals surface area contributed by atoms with Gasteiger partial charge in [-0.2, -0.15) is 0 Å². The van der Waals surface area contributed by atoms with Gasteiger partial charge in [-0.3, -0.25) is 9.59 Å². The molecule has 32 heavy (non-hydrogen) atoms.